The van der Waals surface area contributed by atoms with Crippen LogP contribution >= 0.6 is 11.6 Å². The van der Waals surface area contributed by atoms with Gasteiger partial charge in [0.05, 0.1) is 5.02 Å². The van der Waals surface area contributed by atoms with E-state index in [9.17, 15) is 25.4 Å². The van der Waals surface area contributed by atoms with Crippen LogP contribution in [-0.2, 0) is 4.79 Å². The molecule has 1 heterocycles. The van der Waals surface area contributed by atoms with E-state index >= 15 is 0 Å². The zero-order valence-corrected chi connectivity index (χ0v) is 11.4. The Morgan fingerprint density at radius 2 is 2.19 bits per heavy atom. The van der Waals surface area contributed by atoms with E-state index in [0.29, 0.717) is 12.0 Å². The standard InChI is InChI=1S/C13H13ClN2O5/c14-7-4-8(17)11-9(12(7)16(20)21)5-2-1-3-6(5)10(15-11)13(18)19/h1-2,4-6,10,15,17,20-21H,3H2,(H,18,19)/p-1. The summed E-state index contributed by atoms with van der Waals surface area (Å²) in [5.74, 6) is -2.26. The van der Waals surface area contributed by atoms with Crippen LogP contribution in [0.15, 0.2) is 18.2 Å². The predicted octanol–water partition coefficient (Wildman–Crippen LogP) is 1.54. The summed E-state index contributed by atoms with van der Waals surface area (Å²) in [6, 6.07) is 0.116. The summed E-state index contributed by atoms with van der Waals surface area (Å²) in [7, 11) is 0. The van der Waals surface area contributed by atoms with E-state index < -0.39 is 23.7 Å². The van der Waals surface area contributed by atoms with Gasteiger partial charge in [-0.1, -0.05) is 29.5 Å². The summed E-state index contributed by atoms with van der Waals surface area (Å²) in [5, 5.41) is 42.6. The SMILES string of the molecule is O=C(O)C1Nc2c([O-])cc(Cl)c(N(O)O)c2C2C=CCC12. The van der Waals surface area contributed by atoms with Gasteiger partial charge in [-0.05, 0) is 12.5 Å². The molecule has 1 aliphatic heterocycles. The fourth-order valence-corrected chi connectivity index (χ4v) is 3.42. The first kappa shape index (κ1) is 14.0. The van der Waals surface area contributed by atoms with E-state index in [1.165, 1.54) is 0 Å². The molecule has 1 aromatic rings. The van der Waals surface area contributed by atoms with Gasteiger partial charge in [-0.25, -0.2) is 4.79 Å². The molecule has 7 nitrogen and oxygen atoms in total. The molecule has 0 amide bonds. The molecular weight excluding hydrogens is 300 g/mol. The van der Waals surface area contributed by atoms with Crippen molar-refractivity contribution in [3.05, 3.63) is 28.8 Å². The molecule has 2 aliphatic rings. The molecule has 0 radical (unpaired) electrons. The molecule has 8 heteroatoms. The van der Waals surface area contributed by atoms with Gasteiger partial charge in [0.25, 0.3) is 0 Å². The van der Waals surface area contributed by atoms with Crippen molar-refractivity contribution in [3.8, 4) is 5.75 Å². The Balaban J connectivity index is 2.24. The van der Waals surface area contributed by atoms with Crippen LogP contribution in [0.4, 0.5) is 11.4 Å². The van der Waals surface area contributed by atoms with Gasteiger partial charge >= 0.3 is 5.97 Å². The smallest absolute Gasteiger partial charge is 0.326 e. The predicted molar refractivity (Wildman–Crippen MR) is 72.0 cm³/mol. The van der Waals surface area contributed by atoms with Crippen molar-refractivity contribution in [1.82, 2.24) is 0 Å². The van der Waals surface area contributed by atoms with Gasteiger partial charge in [0.15, 0.2) is 0 Å². The van der Waals surface area contributed by atoms with Gasteiger partial charge in [-0.3, -0.25) is 10.4 Å². The normalized spacial score (nSPS) is 26.0. The van der Waals surface area contributed by atoms with Crippen molar-refractivity contribution >= 4 is 28.9 Å². The third-order valence-electron chi connectivity index (χ3n) is 4.00. The van der Waals surface area contributed by atoms with E-state index in [0.717, 1.165) is 6.07 Å². The Bertz CT molecular complexity index is 646. The van der Waals surface area contributed by atoms with Gasteiger partial charge in [0, 0.05) is 23.1 Å². The van der Waals surface area contributed by atoms with Gasteiger partial charge in [-0.2, -0.15) is 0 Å². The van der Waals surface area contributed by atoms with Crippen LogP contribution in [0.2, 0.25) is 5.02 Å². The number of nitrogens with zero attached hydrogens (tertiary/aromatic N) is 1. The number of allylic oxidation sites excluding steroid dienone is 2. The molecule has 0 fully saturated rings. The highest BCUT2D eigenvalue weighted by atomic mass is 35.5. The maximum atomic E-state index is 12.1. The number of halogens is 1. The van der Waals surface area contributed by atoms with Crippen LogP contribution in [0, 0.1) is 5.92 Å². The second-order valence-electron chi connectivity index (χ2n) is 5.10. The van der Waals surface area contributed by atoms with Crippen molar-refractivity contribution in [2.24, 2.45) is 5.92 Å². The lowest BCUT2D eigenvalue weighted by molar-refractivity contribution is -0.267. The number of hydrogen-bond acceptors (Lipinski definition) is 6. The highest BCUT2D eigenvalue weighted by Gasteiger charge is 2.43. The first-order valence-electron chi connectivity index (χ1n) is 6.29. The fourth-order valence-electron chi connectivity index (χ4n) is 3.14. The molecule has 0 aromatic heterocycles. The van der Waals surface area contributed by atoms with E-state index in [2.05, 4.69) is 5.32 Å². The van der Waals surface area contributed by atoms with Crippen LogP contribution in [-0.4, -0.2) is 27.5 Å². The average molecular weight is 312 g/mol. The summed E-state index contributed by atoms with van der Waals surface area (Å²) < 4.78 is 0. The summed E-state index contributed by atoms with van der Waals surface area (Å²) in [6.45, 7) is 0. The van der Waals surface area contributed by atoms with E-state index in [1.807, 2.05) is 6.08 Å². The number of anilines is 2. The second kappa shape index (κ2) is 4.80. The minimum atomic E-state index is -1.06. The maximum absolute atomic E-state index is 12.1. The average Bonchev–Trinajstić information content (AvgIpc) is 2.86. The van der Waals surface area contributed by atoms with Crippen molar-refractivity contribution in [1.29, 1.82) is 0 Å². The molecule has 1 aromatic carbocycles. The number of fused-ring (bicyclic) bond motifs is 3. The molecule has 1 aliphatic carbocycles. The first-order valence-corrected chi connectivity index (χ1v) is 6.67. The Kier molecular flexibility index (Phi) is 3.20. The third-order valence-corrected chi connectivity index (χ3v) is 4.28. The molecule has 0 bridgehead atoms. The van der Waals surface area contributed by atoms with Crippen LogP contribution in [0.1, 0.15) is 17.9 Å². The minimum Gasteiger partial charge on any atom is -0.871 e. The van der Waals surface area contributed by atoms with Crippen molar-refractivity contribution in [3.63, 3.8) is 0 Å². The lowest BCUT2D eigenvalue weighted by Crippen LogP contribution is -2.42. The lowest BCUT2D eigenvalue weighted by atomic mass is 9.78. The summed E-state index contributed by atoms with van der Waals surface area (Å²) in [6.07, 6.45) is 4.10. The van der Waals surface area contributed by atoms with Crippen molar-refractivity contribution in [2.45, 2.75) is 18.4 Å². The van der Waals surface area contributed by atoms with Crippen molar-refractivity contribution < 1.29 is 25.4 Å². The van der Waals surface area contributed by atoms with E-state index in [4.69, 9.17) is 11.6 Å². The van der Waals surface area contributed by atoms with Gasteiger partial charge in [0.2, 0.25) is 0 Å². The second-order valence-corrected chi connectivity index (χ2v) is 5.50. The molecule has 3 atom stereocenters. The van der Waals surface area contributed by atoms with Gasteiger partial charge in [-0.15, -0.1) is 5.23 Å². The molecule has 0 saturated carbocycles. The number of aliphatic carboxylic acids is 1. The summed E-state index contributed by atoms with van der Waals surface area (Å²) >= 11 is 5.92. The van der Waals surface area contributed by atoms with Crippen LogP contribution in [0.3, 0.4) is 0 Å². The highest BCUT2D eigenvalue weighted by molar-refractivity contribution is 6.33. The third kappa shape index (κ3) is 2.01. The number of benzene rings is 1. The quantitative estimate of drug-likeness (QED) is 0.483. The van der Waals surface area contributed by atoms with Crippen LogP contribution in [0.25, 0.3) is 0 Å². The molecule has 3 rings (SSSR count). The first-order chi connectivity index (χ1) is 9.91. The van der Waals surface area contributed by atoms with Crippen LogP contribution < -0.4 is 15.6 Å². The Morgan fingerprint density at radius 1 is 1.48 bits per heavy atom. The zero-order valence-electron chi connectivity index (χ0n) is 10.7. The Morgan fingerprint density at radius 3 is 2.81 bits per heavy atom. The maximum Gasteiger partial charge on any atom is 0.326 e. The summed E-state index contributed by atoms with van der Waals surface area (Å²) in [5.41, 5.74) is 0.251. The molecule has 21 heavy (non-hydrogen) atoms. The van der Waals surface area contributed by atoms with Gasteiger partial charge in [0.1, 0.15) is 11.7 Å². The molecule has 4 N–H and O–H groups in total. The topological polar surface area (TPSA) is 116 Å². The Labute approximate surface area is 124 Å². The highest BCUT2D eigenvalue weighted by Crippen LogP contribution is 2.52. The number of carboxylic acid groups (broad SMARTS) is 1. The molecule has 112 valence electrons. The van der Waals surface area contributed by atoms with Gasteiger partial charge < -0.3 is 15.5 Å². The fraction of sp³-hybridized carbons (Fsp3) is 0.308. The number of carboxylic acids is 1. The number of nitrogens with one attached hydrogen (secondary N) is 1. The number of hydrogen-bond donors (Lipinski definition) is 4. The van der Waals surface area contributed by atoms with E-state index in [1.54, 1.807) is 6.08 Å². The summed E-state index contributed by atoms with van der Waals surface area (Å²) in [4.78, 5) is 11.4. The molecule has 0 saturated heterocycles. The molecular formula is C13H12ClN2O5-. The zero-order chi connectivity index (χ0) is 15.3. The minimum absolute atomic E-state index is 0.0442. The number of rotatable bonds is 2. The van der Waals surface area contributed by atoms with E-state index in [-0.39, 0.29) is 27.5 Å². The lowest BCUT2D eigenvalue weighted by Gasteiger charge is -2.38. The largest absolute Gasteiger partial charge is 0.871 e. The monoisotopic (exact) mass is 311 g/mol. The van der Waals surface area contributed by atoms with Crippen LogP contribution in [0.5, 0.6) is 5.75 Å². The Hall–Kier alpha value is -1.96. The molecule has 0 spiro atoms. The molecule has 3 unspecified atom stereocenters. The number of carbonyl (C=O) groups is 1. The van der Waals surface area contributed by atoms with Crippen molar-refractivity contribution in [2.75, 3.05) is 10.5 Å².